The SMILES string of the molecule is COc1ccc(OC)c(C(=O)COC(=O)COc2cc(C)c(Cl)cc2C(C)C)c1. The fourth-order valence-corrected chi connectivity index (χ4v) is 2.85. The van der Waals surface area contributed by atoms with Crippen molar-refractivity contribution in [3.63, 3.8) is 0 Å². The van der Waals surface area contributed by atoms with Gasteiger partial charge in [0.2, 0.25) is 5.78 Å². The number of methoxy groups -OCH3 is 2. The first-order valence-electron chi connectivity index (χ1n) is 9.10. The summed E-state index contributed by atoms with van der Waals surface area (Å²) < 4.78 is 21.0. The van der Waals surface area contributed by atoms with Gasteiger partial charge in [0.05, 0.1) is 19.8 Å². The number of Topliss-reactive ketones (excluding diaryl/α,β-unsaturated/α-hetero) is 1. The number of esters is 1. The highest BCUT2D eigenvalue weighted by atomic mass is 35.5. The molecule has 0 atom stereocenters. The molecule has 0 bridgehead atoms. The largest absolute Gasteiger partial charge is 0.497 e. The molecule has 0 unspecified atom stereocenters. The maximum absolute atomic E-state index is 12.4. The van der Waals surface area contributed by atoms with Crippen LogP contribution in [0.5, 0.6) is 17.2 Å². The highest BCUT2D eigenvalue weighted by Gasteiger charge is 2.17. The van der Waals surface area contributed by atoms with Gasteiger partial charge in [-0.15, -0.1) is 0 Å². The van der Waals surface area contributed by atoms with Gasteiger partial charge >= 0.3 is 5.97 Å². The third-order valence-corrected chi connectivity index (χ3v) is 4.74. The van der Waals surface area contributed by atoms with Crippen LogP contribution in [0.15, 0.2) is 30.3 Å². The molecule has 0 fully saturated rings. The second-order valence-corrected chi connectivity index (χ2v) is 7.14. The van der Waals surface area contributed by atoms with E-state index in [1.807, 2.05) is 26.8 Å². The zero-order valence-corrected chi connectivity index (χ0v) is 18.0. The van der Waals surface area contributed by atoms with Gasteiger partial charge in [-0.1, -0.05) is 25.4 Å². The lowest BCUT2D eigenvalue weighted by Crippen LogP contribution is -2.20. The average molecular weight is 421 g/mol. The van der Waals surface area contributed by atoms with Gasteiger partial charge in [-0.25, -0.2) is 4.79 Å². The number of benzene rings is 2. The van der Waals surface area contributed by atoms with Crippen LogP contribution in [0.25, 0.3) is 0 Å². The number of aryl methyl sites for hydroxylation is 1. The number of ketones is 1. The minimum atomic E-state index is -0.650. The third-order valence-electron chi connectivity index (χ3n) is 4.33. The van der Waals surface area contributed by atoms with Crippen LogP contribution < -0.4 is 14.2 Å². The molecule has 2 rings (SSSR count). The van der Waals surface area contributed by atoms with Gasteiger partial charge in [-0.2, -0.15) is 0 Å². The highest BCUT2D eigenvalue weighted by molar-refractivity contribution is 6.31. The van der Waals surface area contributed by atoms with Crippen LogP contribution in [-0.2, 0) is 9.53 Å². The van der Waals surface area contributed by atoms with E-state index >= 15 is 0 Å². The zero-order valence-electron chi connectivity index (χ0n) is 17.2. The van der Waals surface area contributed by atoms with Crippen molar-refractivity contribution in [2.75, 3.05) is 27.4 Å². The second-order valence-electron chi connectivity index (χ2n) is 6.73. The first-order valence-corrected chi connectivity index (χ1v) is 9.48. The fraction of sp³-hybridized carbons (Fsp3) is 0.364. The average Bonchev–Trinajstić information content (AvgIpc) is 2.71. The smallest absolute Gasteiger partial charge is 0.344 e. The van der Waals surface area contributed by atoms with E-state index in [0.29, 0.717) is 22.3 Å². The van der Waals surface area contributed by atoms with E-state index in [1.54, 1.807) is 18.2 Å². The Balaban J connectivity index is 1.99. The Hall–Kier alpha value is -2.73. The van der Waals surface area contributed by atoms with E-state index in [9.17, 15) is 9.59 Å². The first kappa shape index (κ1) is 22.6. The molecule has 0 spiro atoms. The number of hydrogen-bond acceptors (Lipinski definition) is 6. The van der Waals surface area contributed by atoms with Gasteiger partial charge in [0, 0.05) is 5.02 Å². The summed E-state index contributed by atoms with van der Waals surface area (Å²) in [6, 6.07) is 8.46. The first-order chi connectivity index (χ1) is 13.8. The molecule has 0 radical (unpaired) electrons. The molecule has 2 aromatic rings. The molecule has 0 aliphatic carbocycles. The molecule has 7 heteroatoms. The van der Waals surface area contributed by atoms with Crippen molar-refractivity contribution >= 4 is 23.4 Å². The minimum Gasteiger partial charge on any atom is -0.497 e. The lowest BCUT2D eigenvalue weighted by molar-refractivity contribution is -0.144. The molecule has 156 valence electrons. The molecule has 0 aliphatic heterocycles. The van der Waals surface area contributed by atoms with E-state index in [0.717, 1.165) is 11.1 Å². The van der Waals surface area contributed by atoms with Crippen LogP contribution in [0.2, 0.25) is 5.02 Å². The molecule has 0 heterocycles. The summed E-state index contributed by atoms with van der Waals surface area (Å²) in [6.45, 7) is 5.13. The van der Waals surface area contributed by atoms with Crippen molar-refractivity contribution in [1.29, 1.82) is 0 Å². The molecule has 0 aromatic heterocycles. The Morgan fingerprint density at radius 2 is 1.72 bits per heavy atom. The molecule has 0 aliphatic rings. The molecule has 6 nitrogen and oxygen atoms in total. The van der Waals surface area contributed by atoms with Crippen molar-refractivity contribution in [1.82, 2.24) is 0 Å². The summed E-state index contributed by atoms with van der Waals surface area (Å²) in [7, 11) is 2.95. The Labute approximate surface area is 175 Å². The van der Waals surface area contributed by atoms with Crippen molar-refractivity contribution in [2.45, 2.75) is 26.7 Å². The number of carbonyl (C=O) groups excluding carboxylic acids is 2. The number of rotatable bonds is 9. The summed E-state index contributed by atoms with van der Waals surface area (Å²) in [5.41, 5.74) is 2.02. The van der Waals surface area contributed by atoms with Crippen LogP contribution in [-0.4, -0.2) is 39.2 Å². The Morgan fingerprint density at radius 3 is 2.34 bits per heavy atom. The van der Waals surface area contributed by atoms with Crippen molar-refractivity contribution in [3.05, 3.63) is 52.0 Å². The van der Waals surface area contributed by atoms with Gasteiger partial charge < -0.3 is 18.9 Å². The van der Waals surface area contributed by atoms with Crippen LogP contribution in [0, 0.1) is 6.92 Å². The lowest BCUT2D eigenvalue weighted by Gasteiger charge is -2.15. The number of carbonyl (C=O) groups is 2. The summed E-state index contributed by atoms with van der Waals surface area (Å²) in [5, 5.41) is 0.640. The summed E-state index contributed by atoms with van der Waals surface area (Å²) >= 11 is 6.18. The van der Waals surface area contributed by atoms with Crippen LogP contribution in [0.4, 0.5) is 0 Å². The highest BCUT2D eigenvalue weighted by Crippen LogP contribution is 2.32. The second kappa shape index (κ2) is 10.2. The van der Waals surface area contributed by atoms with E-state index in [2.05, 4.69) is 0 Å². The molecule has 2 aromatic carbocycles. The minimum absolute atomic E-state index is 0.168. The predicted molar refractivity (Wildman–Crippen MR) is 111 cm³/mol. The quantitative estimate of drug-likeness (QED) is 0.436. The van der Waals surface area contributed by atoms with Crippen LogP contribution in [0.3, 0.4) is 0 Å². The zero-order chi connectivity index (χ0) is 21.6. The Morgan fingerprint density at radius 1 is 1.00 bits per heavy atom. The number of ether oxygens (including phenoxy) is 4. The van der Waals surface area contributed by atoms with Crippen LogP contribution >= 0.6 is 11.6 Å². The van der Waals surface area contributed by atoms with E-state index in [1.165, 1.54) is 20.3 Å². The fourth-order valence-electron chi connectivity index (χ4n) is 2.68. The lowest BCUT2D eigenvalue weighted by atomic mass is 10.0. The molecule has 0 amide bonds. The number of halogens is 1. The maximum Gasteiger partial charge on any atom is 0.344 e. The van der Waals surface area contributed by atoms with Gasteiger partial charge in [-0.05, 0) is 54.3 Å². The Bertz CT molecular complexity index is 891. The molecule has 0 saturated carbocycles. The van der Waals surface area contributed by atoms with E-state index in [-0.39, 0.29) is 18.1 Å². The summed E-state index contributed by atoms with van der Waals surface area (Å²) in [5.74, 6) is 0.562. The monoisotopic (exact) mass is 420 g/mol. The summed E-state index contributed by atoms with van der Waals surface area (Å²) in [6.07, 6.45) is 0. The molecule has 0 N–H and O–H groups in total. The molecule has 29 heavy (non-hydrogen) atoms. The van der Waals surface area contributed by atoms with Gasteiger partial charge in [0.1, 0.15) is 17.2 Å². The van der Waals surface area contributed by atoms with E-state index < -0.39 is 18.4 Å². The van der Waals surface area contributed by atoms with Crippen molar-refractivity contribution in [2.24, 2.45) is 0 Å². The van der Waals surface area contributed by atoms with Crippen LogP contribution in [0.1, 0.15) is 41.3 Å². The third kappa shape index (κ3) is 5.87. The van der Waals surface area contributed by atoms with E-state index in [4.69, 9.17) is 30.5 Å². The number of hydrogen-bond donors (Lipinski definition) is 0. The maximum atomic E-state index is 12.4. The molecular formula is C22H25ClO6. The summed E-state index contributed by atoms with van der Waals surface area (Å²) in [4.78, 5) is 24.5. The predicted octanol–water partition coefficient (Wildman–Crippen LogP) is 4.59. The van der Waals surface area contributed by atoms with Crippen molar-refractivity contribution in [3.8, 4) is 17.2 Å². The standard InChI is InChI=1S/C22H25ClO6/c1-13(2)16-10-18(23)14(3)8-21(16)28-12-22(25)29-11-19(24)17-9-15(26-4)6-7-20(17)27-5/h6-10,13H,11-12H2,1-5H3. The molecule has 0 saturated heterocycles. The topological polar surface area (TPSA) is 71.1 Å². The van der Waals surface area contributed by atoms with Gasteiger partial charge in [-0.3, -0.25) is 4.79 Å². The van der Waals surface area contributed by atoms with Gasteiger partial charge in [0.15, 0.2) is 13.2 Å². The van der Waals surface area contributed by atoms with Gasteiger partial charge in [0.25, 0.3) is 0 Å². The van der Waals surface area contributed by atoms with Crippen molar-refractivity contribution < 1.29 is 28.5 Å². The normalized spacial score (nSPS) is 10.6. The Kier molecular flexibility index (Phi) is 7.91. The molecular weight excluding hydrogens is 396 g/mol.